The fraction of sp³-hybridized carbons (Fsp3) is 0.333. The summed E-state index contributed by atoms with van der Waals surface area (Å²) < 4.78 is 6.78. The Morgan fingerprint density at radius 3 is 2.68 bits per heavy atom. The minimum Gasteiger partial charge on any atom is -0.315 e. The second-order valence-corrected chi connectivity index (χ2v) is 7.14. The number of rotatable bonds is 4. The number of hydrogen-bond acceptors (Lipinski definition) is 7. The van der Waals surface area contributed by atoms with E-state index in [9.17, 15) is 4.79 Å². The van der Waals surface area contributed by atoms with Gasteiger partial charge >= 0.3 is 0 Å². The summed E-state index contributed by atoms with van der Waals surface area (Å²) in [5, 5.41) is 13.0. The van der Waals surface area contributed by atoms with E-state index in [0.717, 1.165) is 31.6 Å². The SMILES string of the molecule is N#Cc1ccc(NSN2CCC(n3ncc(Cl)c(Cl)c3=O)CC2)cn1. The van der Waals surface area contributed by atoms with Crippen LogP contribution in [0.5, 0.6) is 0 Å². The first-order valence-electron chi connectivity index (χ1n) is 7.55. The summed E-state index contributed by atoms with van der Waals surface area (Å²) in [5.41, 5.74) is 0.867. The van der Waals surface area contributed by atoms with Gasteiger partial charge in [0, 0.05) is 25.2 Å². The number of hydrogen-bond donors (Lipinski definition) is 1. The maximum Gasteiger partial charge on any atom is 0.287 e. The second kappa shape index (κ2) is 8.06. The first-order valence-corrected chi connectivity index (χ1v) is 9.08. The molecule has 0 aromatic carbocycles. The van der Waals surface area contributed by atoms with E-state index in [2.05, 4.69) is 19.1 Å². The predicted octanol–water partition coefficient (Wildman–Crippen LogP) is 3.13. The lowest BCUT2D eigenvalue weighted by Crippen LogP contribution is -2.36. The molecular weight excluding hydrogens is 383 g/mol. The lowest BCUT2D eigenvalue weighted by molar-refractivity contribution is 0.269. The van der Waals surface area contributed by atoms with Crippen molar-refractivity contribution in [3.8, 4) is 6.07 Å². The first-order chi connectivity index (χ1) is 12.1. The zero-order chi connectivity index (χ0) is 17.8. The Hall–Kier alpha value is -1.79. The molecule has 2 aromatic heterocycles. The fourth-order valence-corrected chi connectivity index (χ4v) is 3.51. The number of aromatic nitrogens is 3. The highest BCUT2D eigenvalue weighted by Gasteiger charge is 2.23. The van der Waals surface area contributed by atoms with Gasteiger partial charge in [0.1, 0.15) is 16.8 Å². The van der Waals surface area contributed by atoms with Crippen molar-refractivity contribution in [1.82, 2.24) is 19.1 Å². The predicted molar refractivity (Wildman–Crippen MR) is 98.5 cm³/mol. The average molecular weight is 397 g/mol. The molecule has 25 heavy (non-hydrogen) atoms. The van der Waals surface area contributed by atoms with Crippen LogP contribution in [0.4, 0.5) is 5.69 Å². The van der Waals surface area contributed by atoms with Crippen LogP contribution in [0.1, 0.15) is 24.6 Å². The van der Waals surface area contributed by atoms with E-state index in [0.29, 0.717) is 5.69 Å². The molecule has 0 amide bonds. The third-order valence-electron chi connectivity index (χ3n) is 3.84. The largest absolute Gasteiger partial charge is 0.315 e. The van der Waals surface area contributed by atoms with E-state index in [1.54, 1.807) is 12.3 Å². The van der Waals surface area contributed by atoms with Crippen molar-refractivity contribution in [3.63, 3.8) is 0 Å². The van der Waals surface area contributed by atoms with Gasteiger partial charge in [0.2, 0.25) is 0 Å². The number of piperidine rings is 1. The zero-order valence-corrected chi connectivity index (χ0v) is 15.4. The monoisotopic (exact) mass is 396 g/mol. The van der Waals surface area contributed by atoms with Crippen LogP contribution in [0.2, 0.25) is 10.0 Å². The highest BCUT2D eigenvalue weighted by Crippen LogP contribution is 2.26. The molecule has 3 rings (SSSR count). The van der Waals surface area contributed by atoms with Crippen LogP contribution in [0.15, 0.2) is 29.3 Å². The fourth-order valence-electron chi connectivity index (χ4n) is 2.50. The topological polar surface area (TPSA) is 86.8 Å². The van der Waals surface area contributed by atoms with Gasteiger partial charge in [-0.15, -0.1) is 0 Å². The van der Waals surface area contributed by atoms with E-state index >= 15 is 0 Å². The smallest absolute Gasteiger partial charge is 0.287 e. The molecule has 0 atom stereocenters. The normalized spacial score (nSPS) is 15.7. The molecule has 0 radical (unpaired) electrons. The van der Waals surface area contributed by atoms with Crippen molar-refractivity contribution in [2.45, 2.75) is 18.9 Å². The Morgan fingerprint density at radius 1 is 1.28 bits per heavy atom. The summed E-state index contributed by atoms with van der Waals surface area (Å²) >= 11 is 13.2. The number of halogens is 2. The Bertz CT molecular complexity index is 843. The van der Waals surface area contributed by atoms with Gasteiger partial charge in [0.25, 0.3) is 5.56 Å². The van der Waals surface area contributed by atoms with Crippen molar-refractivity contribution in [3.05, 3.63) is 50.6 Å². The Kier molecular flexibility index (Phi) is 5.81. The molecule has 2 aromatic rings. The van der Waals surface area contributed by atoms with Gasteiger partial charge in [0.15, 0.2) is 0 Å². The Labute approximate surface area is 158 Å². The molecule has 1 N–H and O–H groups in total. The van der Waals surface area contributed by atoms with Gasteiger partial charge < -0.3 is 4.72 Å². The van der Waals surface area contributed by atoms with Crippen LogP contribution in [0.3, 0.4) is 0 Å². The summed E-state index contributed by atoms with van der Waals surface area (Å²) in [6.45, 7) is 1.58. The molecule has 3 heterocycles. The standard InChI is InChI=1S/C15H14Cl2N6OS/c16-13-9-20-23(15(24)14(13)17)12-3-5-22(6-4-12)25-21-11-2-1-10(7-18)19-8-11/h1-2,8-9,12,21H,3-6H2. The molecule has 1 aliphatic rings. The summed E-state index contributed by atoms with van der Waals surface area (Å²) in [6, 6.07) is 5.47. The first kappa shape index (κ1) is 18.0. The van der Waals surface area contributed by atoms with Crippen molar-refractivity contribution < 1.29 is 0 Å². The molecule has 0 unspecified atom stereocenters. The van der Waals surface area contributed by atoms with Crippen LogP contribution in [0.25, 0.3) is 0 Å². The van der Waals surface area contributed by atoms with Crippen molar-refractivity contribution in [2.75, 3.05) is 17.8 Å². The van der Waals surface area contributed by atoms with E-state index < -0.39 is 0 Å². The highest BCUT2D eigenvalue weighted by molar-refractivity contribution is 7.98. The van der Waals surface area contributed by atoms with Crippen LogP contribution in [-0.4, -0.2) is 32.2 Å². The Balaban J connectivity index is 1.54. The highest BCUT2D eigenvalue weighted by atomic mass is 35.5. The van der Waals surface area contributed by atoms with E-state index in [4.69, 9.17) is 28.5 Å². The summed E-state index contributed by atoms with van der Waals surface area (Å²) in [5.74, 6) is 0. The molecule has 10 heteroatoms. The third-order valence-corrected chi connectivity index (χ3v) is 5.54. The van der Waals surface area contributed by atoms with Crippen LogP contribution in [0, 0.1) is 11.3 Å². The van der Waals surface area contributed by atoms with Gasteiger partial charge in [0.05, 0.1) is 29.1 Å². The molecule has 1 fully saturated rings. The van der Waals surface area contributed by atoms with Gasteiger partial charge in [-0.25, -0.2) is 14.0 Å². The number of anilines is 1. The molecule has 0 aliphatic carbocycles. The number of nitrogens with zero attached hydrogens (tertiary/aromatic N) is 5. The van der Waals surface area contributed by atoms with Crippen molar-refractivity contribution >= 4 is 41.0 Å². The van der Waals surface area contributed by atoms with E-state index in [1.807, 2.05) is 12.1 Å². The number of nitriles is 1. The Morgan fingerprint density at radius 2 is 2.04 bits per heavy atom. The van der Waals surface area contributed by atoms with Crippen LogP contribution in [-0.2, 0) is 0 Å². The minimum absolute atomic E-state index is 0.00990. The van der Waals surface area contributed by atoms with Gasteiger partial charge in [-0.3, -0.25) is 4.79 Å². The maximum atomic E-state index is 12.2. The molecule has 0 spiro atoms. The zero-order valence-electron chi connectivity index (χ0n) is 13.0. The molecule has 0 bridgehead atoms. The molecule has 1 saturated heterocycles. The van der Waals surface area contributed by atoms with Gasteiger partial charge in [-0.2, -0.15) is 10.4 Å². The maximum absolute atomic E-state index is 12.2. The summed E-state index contributed by atoms with van der Waals surface area (Å²) in [7, 11) is 0. The summed E-state index contributed by atoms with van der Waals surface area (Å²) in [4.78, 5) is 16.2. The molecule has 130 valence electrons. The van der Waals surface area contributed by atoms with Crippen molar-refractivity contribution in [1.29, 1.82) is 5.26 Å². The molecule has 7 nitrogen and oxygen atoms in total. The average Bonchev–Trinajstić information content (AvgIpc) is 2.65. The van der Waals surface area contributed by atoms with Gasteiger partial charge in [-0.1, -0.05) is 23.2 Å². The minimum atomic E-state index is -0.345. The van der Waals surface area contributed by atoms with E-state index in [-0.39, 0.29) is 21.6 Å². The molecule has 1 aliphatic heterocycles. The number of pyridine rings is 1. The lowest BCUT2D eigenvalue weighted by atomic mass is 10.1. The quantitative estimate of drug-likeness (QED) is 0.794. The lowest BCUT2D eigenvalue weighted by Gasteiger charge is -2.31. The molecular formula is C15H14Cl2N6OS. The number of nitrogens with one attached hydrogen (secondary N) is 1. The van der Waals surface area contributed by atoms with Crippen LogP contribution >= 0.6 is 35.3 Å². The molecule has 0 saturated carbocycles. The van der Waals surface area contributed by atoms with Crippen molar-refractivity contribution in [2.24, 2.45) is 0 Å². The van der Waals surface area contributed by atoms with Gasteiger partial charge in [-0.05, 0) is 25.0 Å². The summed E-state index contributed by atoms with van der Waals surface area (Å²) in [6.07, 6.45) is 4.60. The van der Waals surface area contributed by atoms with E-state index in [1.165, 1.54) is 23.0 Å². The third kappa shape index (κ3) is 4.25. The second-order valence-electron chi connectivity index (χ2n) is 5.45. The van der Waals surface area contributed by atoms with Crippen LogP contribution < -0.4 is 10.3 Å².